The Kier molecular flexibility index (Phi) is 5.03. The van der Waals surface area contributed by atoms with E-state index >= 15 is 0 Å². The predicted octanol–water partition coefficient (Wildman–Crippen LogP) is 4.38. The molecule has 0 aliphatic rings. The zero-order valence-corrected chi connectivity index (χ0v) is 15.0. The first-order chi connectivity index (χ1) is 12.1. The molecule has 3 rings (SSSR count). The Morgan fingerprint density at radius 3 is 2.52 bits per heavy atom. The number of fused-ring (bicyclic) bond motifs is 1. The third-order valence-electron chi connectivity index (χ3n) is 4.08. The molecule has 0 amide bonds. The summed E-state index contributed by atoms with van der Waals surface area (Å²) in [5, 5.41) is 4.45. The van der Waals surface area contributed by atoms with Crippen molar-refractivity contribution in [1.82, 2.24) is 9.97 Å². The third kappa shape index (κ3) is 3.65. The summed E-state index contributed by atoms with van der Waals surface area (Å²) in [6.45, 7) is 4.80. The molecule has 2 aromatic carbocycles. The van der Waals surface area contributed by atoms with Crippen LogP contribution in [-0.4, -0.2) is 24.2 Å². The van der Waals surface area contributed by atoms with Crippen molar-refractivity contribution in [2.75, 3.05) is 19.5 Å². The minimum absolute atomic E-state index is 0.265. The fourth-order valence-corrected chi connectivity index (χ4v) is 2.66. The molecular weight excluding hydrogens is 314 g/mol. The summed E-state index contributed by atoms with van der Waals surface area (Å²) >= 11 is 0. The molecule has 5 nitrogen and oxygen atoms in total. The lowest BCUT2D eigenvalue weighted by atomic mass is 10.1. The summed E-state index contributed by atoms with van der Waals surface area (Å²) in [7, 11) is 3.31. The molecule has 0 unspecified atom stereocenters. The molecule has 0 spiro atoms. The van der Waals surface area contributed by atoms with Crippen LogP contribution in [0.4, 0.5) is 5.82 Å². The van der Waals surface area contributed by atoms with Crippen LogP contribution in [0.5, 0.6) is 11.5 Å². The van der Waals surface area contributed by atoms with Gasteiger partial charge in [-0.1, -0.05) is 26.0 Å². The van der Waals surface area contributed by atoms with Gasteiger partial charge in [-0.2, -0.15) is 0 Å². The highest BCUT2D eigenvalue weighted by molar-refractivity contribution is 5.89. The first-order valence-electron chi connectivity index (χ1n) is 8.34. The summed E-state index contributed by atoms with van der Waals surface area (Å²) in [6, 6.07) is 13.9. The lowest BCUT2D eigenvalue weighted by Crippen LogP contribution is -2.07. The first kappa shape index (κ1) is 17.0. The highest BCUT2D eigenvalue weighted by Crippen LogP contribution is 2.27. The molecule has 0 aliphatic carbocycles. The molecule has 0 fully saturated rings. The second kappa shape index (κ2) is 7.38. The van der Waals surface area contributed by atoms with E-state index in [1.807, 2.05) is 42.5 Å². The predicted molar refractivity (Wildman–Crippen MR) is 100 cm³/mol. The van der Waals surface area contributed by atoms with Gasteiger partial charge in [0.25, 0.3) is 0 Å². The Bertz CT molecular complexity index is 878. The minimum Gasteiger partial charge on any atom is -0.497 e. The summed E-state index contributed by atoms with van der Waals surface area (Å²) < 4.78 is 10.7. The van der Waals surface area contributed by atoms with Crippen molar-refractivity contribution in [3.63, 3.8) is 0 Å². The number of aromatic nitrogens is 2. The zero-order valence-electron chi connectivity index (χ0n) is 15.0. The van der Waals surface area contributed by atoms with Crippen LogP contribution in [-0.2, 0) is 6.54 Å². The van der Waals surface area contributed by atoms with E-state index in [9.17, 15) is 0 Å². The zero-order chi connectivity index (χ0) is 17.8. The average Bonchev–Trinajstić information content (AvgIpc) is 2.65. The van der Waals surface area contributed by atoms with E-state index in [0.717, 1.165) is 39.6 Å². The van der Waals surface area contributed by atoms with Crippen LogP contribution in [0.1, 0.15) is 31.2 Å². The van der Waals surface area contributed by atoms with Crippen LogP contribution in [0.25, 0.3) is 10.9 Å². The molecule has 130 valence electrons. The van der Waals surface area contributed by atoms with Gasteiger partial charge >= 0.3 is 0 Å². The maximum absolute atomic E-state index is 5.47. The van der Waals surface area contributed by atoms with Crippen LogP contribution in [0.15, 0.2) is 42.5 Å². The third-order valence-corrected chi connectivity index (χ3v) is 4.08. The number of hydrogen-bond acceptors (Lipinski definition) is 5. The Labute approximate surface area is 148 Å². The van der Waals surface area contributed by atoms with Crippen molar-refractivity contribution in [2.24, 2.45) is 0 Å². The lowest BCUT2D eigenvalue weighted by molar-refractivity contribution is 0.391. The molecule has 0 saturated heterocycles. The number of nitrogens with zero attached hydrogens (tertiary/aromatic N) is 2. The van der Waals surface area contributed by atoms with Gasteiger partial charge in [-0.25, -0.2) is 9.97 Å². The number of hydrogen-bond donors (Lipinski definition) is 1. The molecular formula is C20H23N3O2. The number of nitrogens with one attached hydrogen (secondary N) is 1. The van der Waals surface area contributed by atoms with E-state index in [1.165, 1.54) is 0 Å². The molecule has 0 aliphatic heterocycles. The van der Waals surface area contributed by atoms with Gasteiger partial charge in [0.15, 0.2) is 0 Å². The van der Waals surface area contributed by atoms with Crippen molar-refractivity contribution in [2.45, 2.75) is 26.3 Å². The maximum atomic E-state index is 5.47. The monoisotopic (exact) mass is 337 g/mol. The fraction of sp³-hybridized carbons (Fsp3) is 0.300. The standard InChI is InChI=1S/C20H23N3O2/c1-13(2)19-22-17-8-6-5-7-16(17)20(23-19)21-12-14-9-10-15(24-3)11-18(14)25-4/h5-11,13H,12H2,1-4H3,(H,21,22,23). The Balaban J connectivity index is 1.93. The van der Waals surface area contributed by atoms with Gasteiger partial charge in [0.1, 0.15) is 23.1 Å². The van der Waals surface area contributed by atoms with Crippen LogP contribution >= 0.6 is 0 Å². The van der Waals surface area contributed by atoms with Crippen molar-refractivity contribution < 1.29 is 9.47 Å². The highest BCUT2D eigenvalue weighted by Gasteiger charge is 2.11. The summed E-state index contributed by atoms with van der Waals surface area (Å²) in [4.78, 5) is 9.37. The molecule has 0 saturated carbocycles. The van der Waals surface area contributed by atoms with Gasteiger partial charge in [0.2, 0.25) is 0 Å². The Morgan fingerprint density at radius 1 is 1.00 bits per heavy atom. The van der Waals surface area contributed by atoms with Gasteiger partial charge in [-0.15, -0.1) is 0 Å². The molecule has 5 heteroatoms. The van der Waals surface area contributed by atoms with E-state index in [1.54, 1.807) is 14.2 Å². The maximum Gasteiger partial charge on any atom is 0.137 e. The summed E-state index contributed by atoms with van der Waals surface area (Å²) in [6.07, 6.45) is 0. The molecule has 3 aromatic rings. The first-order valence-corrected chi connectivity index (χ1v) is 8.34. The number of methoxy groups -OCH3 is 2. The van der Waals surface area contributed by atoms with Gasteiger partial charge in [-0.05, 0) is 24.3 Å². The van der Waals surface area contributed by atoms with Crippen molar-refractivity contribution >= 4 is 16.7 Å². The minimum atomic E-state index is 0.265. The van der Waals surface area contributed by atoms with Crippen LogP contribution in [0, 0.1) is 0 Å². The molecule has 0 bridgehead atoms. The van der Waals surface area contributed by atoms with E-state index in [2.05, 4.69) is 24.1 Å². The largest absolute Gasteiger partial charge is 0.497 e. The second-order valence-electron chi connectivity index (χ2n) is 6.13. The molecule has 1 heterocycles. The topological polar surface area (TPSA) is 56.3 Å². The van der Waals surface area contributed by atoms with Crippen molar-refractivity contribution in [1.29, 1.82) is 0 Å². The number of ether oxygens (including phenoxy) is 2. The van der Waals surface area contributed by atoms with E-state index in [0.29, 0.717) is 6.54 Å². The van der Waals surface area contributed by atoms with Crippen molar-refractivity contribution in [3.8, 4) is 11.5 Å². The van der Waals surface area contributed by atoms with E-state index < -0.39 is 0 Å². The van der Waals surface area contributed by atoms with Gasteiger partial charge in [0, 0.05) is 29.5 Å². The van der Waals surface area contributed by atoms with Gasteiger partial charge in [-0.3, -0.25) is 0 Å². The number of anilines is 1. The normalized spacial score (nSPS) is 10.9. The molecule has 1 N–H and O–H groups in total. The summed E-state index contributed by atoms with van der Waals surface area (Å²) in [5.41, 5.74) is 1.99. The van der Waals surface area contributed by atoms with E-state index in [4.69, 9.17) is 14.5 Å². The molecule has 0 radical (unpaired) electrons. The SMILES string of the molecule is COc1ccc(CNc2nc(C(C)C)nc3ccccc23)c(OC)c1. The molecule has 25 heavy (non-hydrogen) atoms. The smallest absolute Gasteiger partial charge is 0.137 e. The number of rotatable bonds is 6. The number of benzene rings is 2. The summed E-state index contributed by atoms with van der Waals surface area (Å²) in [5.74, 6) is 3.50. The molecule has 1 aromatic heterocycles. The van der Waals surface area contributed by atoms with Gasteiger partial charge < -0.3 is 14.8 Å². The van der Waals surface area contributed by atoms with Crippen LogP contribution in [0.3, 0.4) is 0 Å². The quantitative estimate of drug-likeness (QED) is 0.723. The second-order valence-corrected chi connectivity index (χ2v) is 6.13. The van der Waals surface area contributed by atoms with E-state index in [-0.39, 0.29) is 5.92 Å². The van der Waals surface area contributed by atoms with Crippen LogP contribution < -0.4 is 14.8 Å². The van der Waals surface area contributed by atoms with Crippen molar-refractivity contribution in [3.05, 3.63) is 53.9 Å². The Hall–Kier alpha value is -2.82. The number of para-hydroxylation sites is 1. The highest BCUT2D eigenvalue weighted by atomic mass is 16.5. The fourth-order valence-electron chi connectivity index (χ4n) is 2.66. The Morgan fingerprint density at radius 2 is 1.80 bits per heavy atom. The van der Waals surface area contributed by atoms with Gasteiger partial charge in [0.05, 0.1) is 19.7 Å². The van der Waals surface area contributed by atoms with Crippen LogP contribution in [0.2, 0.25) is 0 Å². The molecule has 0 atom stereocenters. The lowest BCUT2D eigenvalue weighted by Gasteiger charge is -2.14. The average molecular weight is 337 g/mol.